The lowest BCUT2D eigenvalue weighted by Crippen LogP contribution is -2.24. The highest BCUT2D eigenvalue weighted by molar-refractivity contribution is 5.67. The van der Waals surface area contributed by atoms with Crippen LogP contribution >= 0.6 is 0 Å². The van der Waals surface area contributed by atoms with Crippen LogP contribution in [0.15, 0.2) is 60.7 Å². The monoisotopic (exact) mass is 351 g/mol. The first-order valence-electron chi connectivity index (χ1n) is 7.40. The third kappa shape index (κ3) is 6.99. The van der Waals surface area contributed by atoms with E-state index in [9.17, 15) is 18.0 Å². The van der Waals surface area contributed by atoms with E-state index >= 15 is 0 Å². The van der Waals surface area contributed by atoms with Crippen LogP contribution in [-0.2, 0) is 11.3 Å². The Hall–Kier alpha value is -2.96. The van der Waals surface area contributed by atoms with Gasteiger partial charge in [-0.3, -0.25) is 0 Å². The van der Waals surface area contributed by atoms with E-state index in [1.807, 2.05) is 30.3 Å². The van der Waals surface area contributed by atoms with Crippen molar-refractivity contribution in [1.82, 2.24) is 5.32 Å². The minimum Gasteiger partial charge on any atom is -0.445 e. The highest BCUT2D eigenvalue weighted by Crippen LogP contribution is 2.26. The Bertz CT molecular complexity index is 715. The molecule has 0 bridgehead atoms. The largest absolute Gasteiger partial charge is 0.573 e. The molecule has 0 fully saturated rings. The van der Waals surface area contributed by atoms with Crippen LogP contribution in [0.2, 0.25) is 0 Å². The van der Waals surface area contributed by atoms with Crippen molar-refractivity contribution in [2.45, 2.75) is 13.0 Å². The third-order valence-electron chi connectivity index (χ3n) is 3.02. The number of carbonyl (C=O) groups is 1. The fourth-order valence-electron chi connectivity index (χ4n) is 1.94. The van der Waals surface area contributed by atoms with Crippen molar-refractivity contribution in [3.8, 4) is 5.75 Å². The van der Waals surface area contributed by atoms with E-state index in [1.54, 1.807) is 6.07 Å². The molecule has 0 aromatic heterocycles. The predicted octanol–water partition coefficient (Wildman–Crippen LogP) is 4.52. The summed E-state index contributed by atoms with van der Waals surface area (Å²) in [5.74, 6) is -0.307. The molecule has 0 saturated heterocycles. The second-order valence-corrected chi connectivity index (χ2v) is 4.93. The highest BCUT2D eigenvalue weighted by Gasteiger charge is 2.31. The van der Waals surface area contributed by atoms with Crippen molar-refractivity contribution in [2.24, 2.45) is 0 Å². The van der Waals surface area contributed by atoms with E-state index in [0.717, 1.165) is 5.56 Å². The maximum Gasteiger partial charge on any atom is 0.573 e. The van der Waals surface area contributed by atoms with Crippen LogP contribution in [0.1, 0.15) is 11.1 Å². The smallest absolute Gasteiger partial charge is 0.445 e. The molecule has 2 aromatic carbocycles. The molecule has 25 heavy (non-hydrogen) atoms. The number of hydrogen-bond donors (Lipinski definition) is 1. The number of rotatable bonds is 6. The zero-order valence-electron chi connectivity index (χ0n) is 13.1. The number of alkyl halides is 3. The van der Waals surface area contributed by atoms with E-state index in [0.29, 0.717) is 0 Å². The molecule has 1 N–H and O–H groups in total. The molecule has 1 amide bonds. The number of ether oxygens (including phenoxy) is 2. The van der Waals surface area contributed by atoms with Gasteiger partial charge in [0.15, 0.2) is 0 Å². The number of nitrogens with one attached hydrogen (secondary N) is 1. The Morgan fingerprint density at radius 1 is 1.04 bits per heavy atom. The number of para-hydroxylation sites is 1. The number of hydrogen-bond acceptors (Lipinski definition) is 3. The average Bonchev–Trinajstić information content (AvgIpc) is 2.58. The molecule has 0 spiro atoms. The summed E-state index contributed by atoms with van der Waals surface area (Å²) >= 11 is 0. The van der Waals surface area contributed by atoms with E-state index in [1.165, 1.54) is 30.4 Å². The molecule has 0 radical (unpaired) electrons. The molecule has 2 aromatic rings. The normalized spacial score (nSPS) is 11.3. The van der Waals surface area contributed by atoms with Crippen LogP contribution in [0, 0.1) is 0 Å². The molecule has 7 heteroatoms. The molecular weight excluding hydrogens is 335 g/mol. The van der Waals surface area contributed by atoms with Crippen LogP contribution in [0.4, 0.5) is 18.0 Å². The fourth-order valence-corrected chi connectivity index (χ4v) is 1.94. The minimum atomic E-state index is -4.76. The molecular formula is C18H16F3NO3. The lowest BCUT2D eigenvalue weighted by Gasteiger charge is -2.11. The molecule has 0 heterocycles. The number of carbonyl (C=O) groups excluding carboxylic acids is 1. The first-order valence-corrected chi connectivity index (χ1v) is 7.40. The predicted molar refractivity (Wildman–Crippen MR) is 86.8 cm³/mol. The Morgan fingerprint density at radius 3 is 2.44 bits per heavy atom. The van der Waals surface area contributed by atoms with Gasteiger partial charge in [0, 0.05) is 12.1 Å². The van der Waals surface area contributed by atoms with Gasteiger partial charge in [-0.25, -0.2) is 4.79 Å². The summed E-state index contributed by atoms with van der Waals surface area (Å²) in [7, 11) is 0. The summed E-state index contributed by atoms with van der Waals surface area (Å²) in [5.41, 5.74) is 1.10. The number of halogens is 3. The van der Waals surface area contributed by atoms with Crippen LogP contribution in [-0.4, -0.2) is 19.0 Å². The van der Waals surface area contributed by atoms with Crippen molar-refractivity contribution < 1.29 is 27.4 Å². The van der Waals surface area contributed by atoms with Gasteiger partial charge in [-0.2, -0.15) is 0 Å². The first kappa shape index (κ1) is 18.4. The Labute approximate surface area is 142 Å². The molecule has 0 aliphatic carbocycles. The summed E-state index contributed by atoms with van der Waals surface area (Å²) in [6, 6.07) is 14.9. The van der Waals surface area contributed by atoms with Gasteiger partial charge < -0.3 is 14.8 Å². The molecule has 0 saturated carbocycles. The summed E-state index contributed by atoms with van der Waals surface area (Å²) in [5, 5.41) is 2.48. The van der Waals surface area contributed by atoms with Crippen LogP contribution < -0.4 is 10.1 Å². The van der Waals surface area contributed by atoms with E-state index in [4.69, 9.17) is 4.74 Å². The van der Waals surface area contributed by atoms with Crippen molar-refractivity contribution >= 4 is 12.2 Å². The summed E-state index contributed by atoms with van der Waals surface area (Å²) in [4.78, 5) is 11.5. The summed E-state index contributed by atoms with van der Waals surface area (Å²) in [6.45, 7) is 0.243. The van der Waals surface area contributed by atoms with Crippen LogP contribution in [0.5, 0.6) is 5.75 Å². The number of benzene rings is 2. The second kappa shape index (κ2) is 8.77. The molecule has 132 valence electrons. The zero-order chi connectivity index (χ0) is 18.1. The average molecular weight is 351 g/mol. The van der Waals surface area contributed by atoms with Gasteiger partial charge in [-0.15, -0.1) is 13.2 Å². The minimum absolute atomic E-state index is 0.105. The van der Waals surface area contributed by atoms with Gasteiger partial charge in [0.2, 0.25) is 0 Å². The van der Waals surface area contributed by atoms with Crippen molar-refractivity contribution in [3.05, 3.63) is 71.8 Å². The van der Waals surface area contributed by atoms with Crippen LogP contribution in [0.3, 0.4) is 0 Å². The second-order valence-electron chi connectivity index (χ2n) is 4.93. The van der Waals surface area contributed by atoms with Gasteiger partial charge in [0.25, 0.3) is 0 Å². The van der Waals surface area contributed by atoms with Gasteiger partial charge in [-0.1, -0.05) is 60.7 Å². The SMILES string of the molecule is O=C(NCC=Cc1ccccc1OC(F)(F)F)OCc1ccccc1. The molecule has 0 aliphatic heterocycles. The maximum absolute atomic E-state index is 12.3. The van der Waals surface area contributed by atoms with E-state index in [2.05, 4.69) is 10.1 Å². The maximum atomic E-state index is 12.3. The molecule has 0 unspecified atom stereocenters. The van der Waals surface area contributed by atoms with Gasteiger partial charge >= 0.3 is 12.5 Å². The Balaban J connectivity index is 1.80. The number of alkyl carbamates (subject to hydrolysis) is 1. The fraction of sp³-hybridized carbons (Fsp3) is 0.167. The quantitative estimate of drug-likeness (QED) is 0.832. The lowest BCUT2D eigenvalue weighted by atomic mass is 10.2. The molecule has 4 nitrogen and oxygen atoms in total. The van der Waals surface area contributed by atoms with Crippen molar-refractivity contribution in [2.75, 3.05) is 6.54 Å². The van der Waals surface area contributed by atoms with Crippen LogP contribution in [0.25, 0.3) is 6.08 Å². The first-order chi connectivity index (χ1) is 11.9. The Morgan fingerprint density at radius 2 is 1.72 bits per heavy atom. The van der Waals surface area contributed by atoms with Crippen molar-refractivity contribution in [3.63, 3.8) is 0 Å². The summed E-state index contributed by atoms with van der Waals surface area (Å²) in [6.07, 6.45) is -2.45. The summed E-state index contributed by atoms with van der Waals surface area (Å²) < 4.78 is 45.9. The van der Waals surface area contributed by atoms with Gasteiger partial charge in [0.1, 0.15) is 12.4 Å². The molecule has 0 aliphatic rings. The number of amides is 1. The van der Waals surface area contributed by atoms with E-state index < -0.39 is 12.5 Å². The third-order valence-corrected chi connectivity index (χ3v) is 3.02. The lowest BCUT2D eigenvalue weighted by molar-refractivity contribution is -0.274. The van der Waals surface area contributed by atoms with E-state index in [-0.39, 0.29) is 24.5 Å². The molecule has 0 atom stereocenters. The zero-order valence-corrected chi connectivity index (χ0v) is 13.1. The topological polar surface area (TPSA) is 47.6 Å². The van der Waals surface area contributed by atoms with Crippen molar-refractivity contribution in [1.29, 1.82) is 0 Å². The highest BCUT2D eigenvalue weighted by atomic mass is 19.4. The Kier molecular flexibility index (Phi) is 6.45. The standard InChI is InChI=1S/C18H16F3NO3/c19-18(20,21)25-16-11-5-4-9-15(16)10-6-12-22-17(23)24-13-14-7-2-1-3-8-14/h1-11H,12-13H2,(H,22,23). The van der Waals surface area contributed by atoms with Gasteiger partial charge in [-0.05, 0) is 11.6 Å². The molecule has 2 rings (SSSR count). The van der Waals surface area contributed by atoms with Gasteiger partial charge in [0.05, 0.1) is 0 Å².